The standard InChI is InChI=1S/C28H26FN3O6S/c1-3-28(37)15-6-19-22-13(8-32(19)26(35)14(15)9-38-27(28)36)20-18(31-25(34)23(33)12-4-5-12)10-39-24-11(2)16(29)7-17(30-22)21(20)24/h6-7,12,18,23,33,37H,3-5,8-10H2,1-2H3,(H,31,34)/t18?,23?,28-/m0/s1. The number of fused-ring (bicyclic) bond motifs is 5. The van der Waals surface area contributed by atoms with Gasteiger partial charge in [0.15, 0.2) is 5.60 Å². The molecule has 9 nitrogen and oxygen atoms in total. The molecule has 1 saturated carbocycles. The Bertz CT molecular complexity index is 1700. The number of halogens is 1. The number of nitrogens with one attached hydrogen (secondary N) is 1. The Kier molecular flexibility index (Phi) is 5.30. The predicted octanol–water partition coefficient (Wildman–Crippen LogP) is 2.56. The third kappa shape index (κ3) is 3.39. The lowest BCUT2D eigenvalue weighted by Gasteiger charge is -2.31. The smallest absolute Gasteiger partial charge is 0.343 e. The summed E-state index contributed by atoms with van der Waals surface area (Å²) in [6.07, 6.45) is 0.549. The summed E-state index contributed by atoms with van der Waals surface area (Å²) in [5.74, 6) is -1.27. The van der Waals surface area contributed by atoms with Gasteiger partial charge in [-0.3, -0.25) is 9.59 Å². The second-order valence-electron chi connectivity index (χ2n) is 10.8. The quantitative estimate of drug-likeness (QED) is 0.330. The molecule has 1 fully saturated rings. The lowest BCUT2D eigenvalue weighted by molar-refractivity contribution is -0.172. The third-order valence-electron chi connectivity index (χ3n) is 8.56. The van der Waals surface area contributed by atoms with Crippen LogP contribution in [0.3, 0.4) is 0 Å². The van der Waals surface area contributed by atoms with Crippen molar-refractivity contribution in [3.63, 3.8) is 0 Å². The van der Waals surface area contributed by atoms with E-state index in [4.69, 9.17) is 9.72 Å². The van der Waals surface area contributed by atoms with Crippen LogP contribution in [0.15, 0.2) is 21.8 Å². The Morgan fingerprint density at radius 3 is 2.82 bits per heavy atom. The maximum Gasteiger partial charge on any atom is 0.343 e. The average Bonchev–Trinajstić information content (AvgIpc) is 3.71. The molecular weight excluding hydrogens is 525 g/mol. The van der Waals surface area contributed by atoms with E-state index in [2.05, 4.69) is 5.32 Å². The first kappa shape index (κ1) is 24.7. The van der Waals surface area contributed by atoms with Crippen molar-refractivity contribution < 1.29 is 28.9 Å². The minimum Gasteiger partial charge on any atom is -0.458 e. The highest BCUT2D eigenvalue weighted by Gasteiger charge is 2.46. The van der Waals surface area contributed by atoms with Crippen LogP contribution >= 0.6 is 11.8 Å². The lowest BCUT2D eigenvalue weighted by Crippen LogP contribution is -2.44. The monoisotopic (exact) mass is 551 g/mol. The van der Waals surface area contributed by atoms with Crippen LogP contribution in [-0.2, 0) is 33.1 Å². The Labute approximate surface area is 226 Å². The van der Waals surface area contributed by atoms with E-state index in [9.17, 15) is 29.0 Å². The number of amides is 1. The van der Waals surface area contributed by atoms with Crippen LogP contribution in [0.2, 0.25) is 0 Å². The molecule has 2 unspecified atom stereocenters. The van der Waals surface area contributed by atoms with E-state index in [1.807, 2.05) is 0 Å². The van der Waals surface area contributed by atoms with Gasteiger partial charge in [0, 0.05) is 33.2 Å². The fraction of sp³-hybridized carbons (Fsp3) is 0.429. The van der Waals surface area contributed by atoms with Gasteiger partial charge in [-0.2, -0.15) is 0 Å². The van der Waals surface area contributed by atoms with Crippen LogP contribution in [0.5, 0.6) is 0 Å². The molecule has 3 atom stereocenters. The molecule has 11 heteroatoms. The normalized spacial score (nSPS) is 23.6. The lowest BCUT2D eigenvalue weighted by atomic mass is 9.86. The number of pyridine rings is 2. The van der Waals surface area contributed by atoms with Crippen LogP contribution in [-0.4, -0.2) is 43.5 Å². The number of rotatable bonds is 4. The van der Waals surface area contributed by atoms with Gasteiger partial charge >= 0.3 is 5.97 Å². The zero-order valence-corrected chi connectivity index (χ0v) is 22.2. The molecule has 5 heterocycles. The molecular formula is C28H26FN3O6S. The minimum atomic E-state index is -1.96. The van der Waals surface area contributed by atoms with E-state index in [1.54, 1.807) is 19.9 Å². The molecule has 0 bridgehead atoms. The molecule has 2 aromatic heterocycles. The zero-order valence-electron chi connectivity index (χ0n) is 21.3. The topological polar surface area (TPSA) is 131 Å². The first-order valence-corrected chi connectivity index (χ1v) is 14.1. The van der Waals surface area contributed by atoms with Crippen LogP contribution in [0.1, 0.15) is 60.0 Å². The molecule has 1 amide bonds. The van der Waals surface area contributed by atoms with E-state index in [0.717, 1.165) is 28.7 Å². The molecule has 0 saturated heterocycles. The Balaban J connectivity index is 1.46. The number of esters is 1. The maximum absolute atomic E-state index is 15.0. The second kappa shape index (κ2) is 8.36. The van der Waals surface area contributed by atoms with Crippen molar-refractivity contribution in [1.82, 2.24) is 14.9 Å². The first-order chi connectivity index (χ1) is 18.6. The maximum atomic E-state index is 15.0. The summed E-state index contributed by atoms with van der Waals surface area (Å²) in [7, 11) is 0. The highest BCUT2D eigenvalue weighted by molar-refractivity contribution is 7.99. The minimum absolute atomic E-state index is 0.0213. The van der Waals surface area contributed by atoms with E-state index in [1.165, 1.54) is 22.4 Å². The molecule has 3 aromatic rings. The number of aliphatic hydroxyl groups excluding tert-OH is 1. The Hall–Kier alpha value is -3.28. The molecule has 39 heavy (non-hydrogen) atoms. The van der Waals surface area contributed by atoms with Crippen LogP contribution in [0, 0.1) is 18.7 Å². The fourth-order valence-corrected chi connectivity index (χ4v) is 7.38. The van der Waals surface area contributed by atoms with Crippen molar-refractivity contribution in [3.05, 3.63) is 56.1 Å². The van der Waals surface area contributed by atoms with Gasteiger partial charge in [0.25, 0.3) is 5.56 Å². The molecule has 3 aliphatic heterocycles. The number of nitrogens with zero attached hydrogens (tertiary/aromatic N) is 2. The van der Waals surface area contributed by atoms with Gasteiger partial charge in [-0.25, -0.2) is 14.2 Å². The van der Waals surface area contributed by atoms with Gasteiger partial charge < -0.3 is 24.8 Å². The van der Waals surface area contributed by atoms with E-state index in [0.29, 0.717) is 33.8 Å². The molecule has 1 aromatic carbocycles. The molecule has 1 aliphatic carbocycles. The highest BCUT2D eigenvalue weighted by Crippen LogP contribution is 2.48. The van der Waals surface area contributed by atoms with Crippen molar-refractivity contribution in [3.8, 4) is 11.4 Å². The molecule has 0 spiro atoms. The molecule has 4 aliphatic rings. The van der Waals surface area contributed by atoms with E-state index in [-0.39, 0.29) is 36.6 Å². The number of aromatic nitrogens is 2. The summed E-state index contributed by atoms with van der Waals surface area (Å²) in [5.41, 5.74) is 1.26. The van der Waals surface area contributed by atoms with Gasteiger partial charge in [-0.15, -0.1) is 11.8 Å². The van der Waals surface area contributed by atoms with Gasteiger partial charge in [-0.05, 0) is 49.3 Å². The molecule has 7 rings (SSSR count). The highest BCUT2D eigenvalue weighted by atomic mass is 32.2. The second-order valence-corrected chi connectivity index (χ2v) is 11.8. The van der Waals surface area contributed by atoms with Gasteiger partial charge in [0.1, 0.15) is 18.5 Å². The number of thioether (sulfide) groups is 1. The number of ether oxygens (including phenoxy) is 1. The summed E-state index contributed by atoms with van der Waals surface area (Å²) in [6.45, 7) is 3.27. The van der Waals surface area contributed by atoms with Gasteiger partial charge in [0.05, 0.1) is 35.1 Å². The molecule has 0 radical (unpaired) electrons. The van der Waals surface area contributed by atoms with E-state index >= 15 is 0 Å². The number of hydrogen-bond donors (Lipinski definition) is 3. The number of carbonyl (C=O) groups excluding carboxylic acids is 2. The summed E-state index contributed by atoms with van der Waals surface area (Å²) in [5, 5.41) is 25.4. The van der Waals surface area contributed by atoms with E-state index < -0.39 is 41.0 Å². The van der Waals surface area contributed by atoms with Crippen molar-refractivity contribution in [2.75, 3.05) is 5.75 Å². The molecule has 3 N–H and O–H groups in total. The first-order valence-electron chi connectivity index (χ1n) is 13.1. The van der Waals surface area contributed by atoms with Crippen molar-refractivity contribution in [1.29, 1.82) is 0 Å². The van der Waals surface area contributed by atoms with Crippen molar-refractivity contribution >= 4 is 34.5 Å². The zero-order chi connectivity index (χ0) is 27.4. The van der Waals surface area contributed by atoms with Crippen LogP contribution < -0.4 is 10.9 Å². The average molecular weight is 552 g/mol. The largest absolute Gasteiger partial charge is 0.458 e. The number of aliphatic hydroxyl groups is 2. The number of carbonyl (C=O) groups is 2. The fourth-order valence-electron chi connectivity index (χ4n) is 6.12. The summed E-state index contributed by atoms with van der Waals surface area (Å²) >= 11 is 1.43. The molecule has 202 valence electrons. The Morgan fingerprint density at radius 2 is 2.10 bits per heavy atom. The third-order valence-corrected chi connectivity index (χ3v) is 9.86. The van der Waals surface area contributed by atoms with Crippen molar-refractivity contribution in [2.24, 2.45) is 5.92 Å². The number of hydrogen-bond acceptors (Lipinski definition) is 8. The Morgan fingerprint density at radius 1 is 1.33 bits per heavy atom. The summed E-state index contributed by atoms with van der Waals surface area (Å²) in [6, 6.07) is 2.48. The van der Waals surface area contributed by atoms with Crippen LogP contribution in [0.4, 0.5) is 4.39 Å². The SMILES string of the molecule is CC[C@@]1(O)C(=O)OCc2c1cc1n(c2=O)Cc2c-1nc1cc(F)c(C)c3c1c2C(NC(=O)C(O)C1CC1)CS3. The van der Waals surface area contributed by atoms with Crippen molar-refractivity contribution in [2.45, 2.75) is 68.9 Å². The number of cyclic esters (lactones) is 1. The van der Waals surface area contributed by atoms with Crippen LogP contribution in [0.25, 0.3) is 22.3 Å². The number of benzene rings is 1. The van der Waals surface area contributed by atoms with Gasteiger partial charge in [-0.1, -0.05) is 6.92 Å². The predicted molar refractivity (Wildman–Crippen MR) is 140 cm³/mol. The summed E-state index contributed by atoms with van der Waals surface area (Å²) < 4.78 is 21.7. The van der Waals surface area contributed by atoms with Gasteiger partial charge in [0.2, 0.25) is 5.91 Å². The summed E-state index contributed by atoms with van der Waals surface area (Å²) in [4.78, 5) is 44.7.